The van der Waals surface area contributed by atoms with Gasteiger partial charge in [-0.1, -0.05) is 17.7 Å². The molecule has 2 aliphatic heterocycles. The Bertz CT molecular complexity index is 524. The molecule has 0 spiro atoms. The number of benzene rings is 1. The fourth-order valence-corrected chi connectivity index (χ4v) is 3.11. The number of nitrogens with zero attached hydrogens (tertiary/aromatic N) is 2. The molecule has 0 saturated carbocycles. The summed E-state index contributed by atoms with van der Waals surface area (Å²) in [5.74, 6) is 0.206. The Morgan fingerprint density at radius 3 is 2.55 bits per heavy atom. The summed E-state index contributed by atoms with van der Waals surface area (Å²) in [6, 6.07) is 7.70. The smallest absolute Gasteiger partial charge is 0.249 e. The van der Waals surface area contributed by atoms with E-state index in [9.17, 15) is 9.59 Å². The minimum absolute atomic E-state index is 0.0828. The van der Waals surface area contributed by atoms with Gasteiger partial charge in [-0.15, -0.1) is 0 Å². The Morgan fingerprint density at radius 1 is 1.05 bits per heavy atom. The van der Waals surface area contributed by atoms with Gasteiger partial charge in [-0.25, -0.2) is 0 Å². The van der Waals surface area contributed by atoms with E-state index >= 15 is 0 Å². The zero-order valence-corrected chi connectivity index (χ0v) is 11.8. The highest BCUT2D eigenvalue weighted by atomic mass is 16.2. The lowest BCUT2D eigenvalue weighted by molar-refractivity contribution is -0.138. The molecule has 0 N–H and O–H groups in total. The standard InChI is InChI=1S/C16H20N2O2/c1-12-5-7-13(8-6-12)17-11-9-15(19)18-10-3-2-4-14(18)16(17)20/h5-8,14H,2-4,9-11H2,1H3. The molecule has 4 heteroatoms. The van der Waals surface area contributed by atoms with Gasteiger partial charge in [-0.05, 0) is 38.3 Å². The summed E-state index contributed by atoms with van der Waals surface area (Å²) in [7, 11) is 0. The van der Waals surface area contributed by atoms with Gasteiger partial charge in [0.05, 0.1) is 0 Å². The van der Waals surface area contributed by atoms with E-state index in [-0.39, 0.29) is 17.9 Å². The van der Waals surface area contributed by atoms with Crippen LogP contribution in [0.4, 0.5) is 5.69 Å². The zero-order valence-electron chi connectivity index (χ0n) is 11.8. The van der Waals surface area contributed by atoms with Crippen LogP contribution in [0.2, 0.25) is 0 Å². The molecule has 1 unspecified atom stereocenters. The third-order valence-electron chi connectivity index (χ3n) is 4.27. The molecule has 0 radical (unpaired) electrons. The second-order valence-corrected chi connectivity index (χ2v) is 5.67. The number of rotatable bonds is 1. The van der Waals surface area contributed by atoms with Crippen LogP contribution >= 0.6 is 0 Å². The van der Waals surface area contributed by atoms with E-state index in [2.05, 4.69) is 0 Å². The van der Waals surface area contributed by atoms with E-state index in [1.807, 2.05) is 31.2 Å². The molecule has 1 aromatic carbocycles. The monoisotopic (exact) mass is 272 g/mol. The van der Waals surface area contributed by atoms with Crippen LogP contribution in [0.15, 0.2) is 24.3 Å². The van der Waals surface area contributed by atoms with Crippen molar-refractivity contribution in [2.75, 3.05) is 18.0 Å². The lowest BCUT2D eigenvalue weighted by Crippen LogP contribution is -2.49. The van der Waals surface area contributed by atoms with Gasteiger partial charge in [0.2, 0.25) is 11.8 Å². The molecule has 2 heterocycles. The molecule has 106 valence electrons. The molecule has 1 aromatic rings. The maximum absolute atomic E-state index is 12.7. The lowest BCUT2D eigenvalue weighted by Gasteiger charge is -2.34. The van der Waals surface area contributed by atoms with Gasteiger partial charge in [-0.2, -0.15) is 0 Å². The second-order valence-electron chi connectivity index (χ2n) is 5.67. The van der Waals surface area contributed by atoms with Crippen LogP contribution in [0.1, 0.15) is 31.2 Å². The van der Waals surface area contributed by atoms with Crippen LogP contribution in [0.25, 0.3) is 0 Å². The fourth-order valence-electron chi connectivity index (χ4n) is 3.11. The van der Waals surface area contributed by atoms with Crippen LogP contribution in [0, 0.1) is 6.92 Å². The molecule has 2 fully saturated rings. The number of fused-ring (bicyclic) bond motifs is 1. The molecule has 2 aliphatic rings. The molecule has 20 heavy (non-hydrogen) atoms. The Labute approximate surface area is 119 Å². The summed E-state index contributed by atoms with van der Waals surface area (Å²) in [6.07, 6.45) is 3.27. The predicted molar refractivity (Wildman–Crippen MR) is 77.5 cm³/mol. The number of carbonyl (C=O) groups excluding carboxylic acids is 2. The minimum Gasteiger partial charge on any atom is -0.331 e. The molecule has 3 rings (SSSR count). The predicted octanol–water partition coefficient (Wildman–Crippen LogP) is 2.11. The van der Waals surface area contributed by atoms with Crippen LogP contribution in [0.5, 0.6) is 0 Å². The zero-order chi connectivity index (χ0) is 14.1. The maximum atomic E-state index is 12.7. The van der Waals surface area contributed by atoms with Crippen molar-refractivity contribution in [1.82, 2.24) is 4.90 Å². The molecule has 1 atom stereocenters. The van der Waals surface area contributed by atoms with Crippen molar-refractivity contribution < 1.29 is 9.59 Å². The highest BCUT2D eigenvalue weighted by Gasteiger charge is 2.37. The SMILES string of the molecule is Cc1ccc(N2CCC(=O)N3CCCCC3C2=O)cc1. The Kier molecular flexibility index (Phi) is 3.47. The normalized spacial score (nSPS) is 23.6. The minimum atomic E-state index is -0.250. The number of carbonyl (C=O) groups is 2. The third kappa shape index (κ3) is 2.30. The highest BCUT2D eigenvalue weighted by molar-refractivity contribution is 6.01. The summed E-state index contributed by atoms with van der Waals surface area (Å²) in [4.78, 5) is 28.5. The van der Waals surface area contributed by atoms with Gasteiger partial charge in [0, 0.05) is 25.2 Å². The molecule has 2 amide bonds. The molecule has 2 saturated heterocycles. The van der Waals surface area contributed by atoms with Crippen LogP contribution in [-0.4, -0.2) is 35.8 Å². The first-order valence-electron chi connectivity index (χ1n) is 7.34. The van der Waals surface area contributed by atoms with E-state index in [4.69, 9.17) is 0 Å². The Morgan fingerprint density at radius 2 is 1.80 bits per heavy atom. The van der Waals surface area contributed by atoms with Crippen molar-refractivity contribution in [2.24, 2.45) is 0 Å². The van der Waals surface area contributed by atoms with Gasteiger partial charge in [-0.3, -0.25) is 9.59 Å². The first-order valence-corrected chi connectivity index (χ1v) is 7.34. The number of aryl methyl sites for hydroxylation is 1. The number of hydrogen-bond acceptors (Lipinski definition) is 2. The topological polar surface area (TPSA) is 40.6 Å². The molecule has 0 aliphatic carbocycles. The van der Waals surface area contributed by atoms with E-state index in [1.165, 1.54) is 5.56 Å². The first-order chi connectivity index (χ1) is 9.66. The average Bonchev–Trinajstić information content (AvgIpc) is 2.60. The van der Waals surface area contributed by atoms with Crippen LogP contribution in [-0.2, 0) is 9.59 Å². The highest BCUT2D eigenvalue weighted by Crippen LogP contribution is 2.26. The number of piperidine rings is 1. The Balaban J connectivity index is 1.90. The van der Waals surface area contributed by atoms with Gasteiger partial charge in [0.25, 0.3) is 0 Å². The van der Waals surface area contributed by atoms with Gasteiger partial charge in [0.15, 0.2) is 0 Å². The van der Waals surface area contributed by atoms with Gasteiger partial charge in [0.1, 0.15) is 6.04 Å². The first kappa shape index (κ1) is 13.2. The van der Waals surface area contributed by atoms with Crippen molar-refractivity contribution in [3.63, 3.8) is 0 Å². The summed E-state index contributed by atoms with van der Waals surface area (Å²) in [6.45, 7) is 3.26. The Hall–Kier alpha value is -1.84. The van der Waals surface area contributed by atoms with E-state index < -0.39 is 0 Å². The molecular formula is C16H20N2O2. The molecule has 4 nitrogen and oxygen atoms in total. The summed E-state index contributed by atoms with van der Waals surface area (Å²) < 4.78 is 0. The van der Waals surface area contributed by atoms with Gasteiger partial charge < -0.3 is 9.80 Å². The lowest BCUT2D eigenvalue weighted by atomic mass is 10.0. The third-order valence-corrected chi connectivity index (χ3v) is 4.27. The van der Waals surface area contributed by atoms with Crippen LogP contribution in [0.3, 0.4) is 0 Å². The van der Waals surface area contributed by atoms with Crippen LogP contribution < -0.4 is 4.90 Å². The summed E-state index contributed by atoms with van der Waals surface area (Å²) >= 11 is 0. The van der Waals surface area contributed by atoms with Crippen molar-refractivity contribution in [1.29, 1.82) is 0 Å². The molecule has 0 aromatic heterocycles. The quantitative estimate of drug-likeness (QED) is 0.785. The van der Waals surface area contributed by atoms with E-state index in [0.29, 0.717) is 13.0 Å². The van der Waals surface area contributed by atoms with Crippen molar-refractivity contribution in [3.05, 3.63) is 29.8 Å². The summed E-state index contributed by atoms with van der Waals surface area (Å²) in [5.41, 5.74) is 2.08. The van der Waals surface area contributed by atoms with E-state index in [1.54, 1.807) is 9.80 Å². The summed E-state index contributed by atoms with van der Waals surface area (Å²) in [5, 5.41) is 0. The number of hydrogen-bond donors (Lipinski definition) is 0. The van der Waals surface area contributed by atoms with Crippen molar-refractivity contribution in [3.8, 4) is 0 Å². The average molecular weight is 272 g/mol. The fraction of sp³-hybridized carbons (Fsp3) is 0.500. The van der Waals surface area contributed by atoms with Gasteiger partial charge >= 0.3 is 0 Å². The maximum Gasteiger partial charge on any atom is 0.249 e. The molecule has 0 bridgehead atoms. The molecular weight excluding hydrogens is 252 g/mol. The number of amides is 2. The second kappa shape index (κ2) is 5.27. The largest absolute Gasteiger partial charge is 0.331 e. The van der Waals surface area contributed by atoms with Crippen molar-refractivity contribution >= 4 is 17.5 Å². The van der Waals surface area contributed by atoms with Crippen molar-refractivity contribution in [2.45, 2.75) is 38.6 Å². The number of anilines is 1. The van der Waals surface area contributed by atoms with E-state index in [0.717, 1.165) is 31.5 Å².